The second-order valence-corrected chi connectivity index (χ2v) is 4.70. The van der Waals surface area contributed by atoms with Crippen molar-refractivity contribution >= 4 is 5.69 Å². The van der Waals surface area contributed by atoms with E-state index in [9.17, 15) is 0 Å². The minimum absolute atomic E-state index is 0.841. The lowest BCUT2D eigenvalue weighted by Crippen LogP contribution is -2.07. The summed E-state index contributed by atoms with van der Waals surface area (Å²) < 4.78 is 0. The number of rotatable bonds is 2. The van der Waals surface area contributed by atoms with Crippen LogP contribution >= 0.6 is 0 Å². The molecule has 0 amide bonds. The Morgan fingerprint density at radius 2 is 2.06 bits per heavy atom. The van der Waals surface area contributed by atoms with Gasteiger partial charge in [-0.15, -0.1) is 0 Å². The fourth-order valence-electron chi connectivity index (χ4n) is 2.43. The molecule has 2 aromatic rings. The van der Waals surface area contributed by atoms with Crippen LogP contribution in [0.4, 0.5) is 5.69 Å². The Balaban J connectivity index is 2.00. The molecule has 1 aromatic heterocycles. The van der Waals surface area contributed by atoms with Crippen molar-refractivity contribution in [2.24, 2.45) is 0 Å². The van der Waals surface area contributed by atoms with Crippen molar-refractivity contribution in [3.63, 3.8) is 0 Å². The second kappa shape index (κ2) is 4.77. The first-order valence-corrected chi connectivity index (χ1v) is 6.50. The maximum absolute atomic E-state index is 4.72. The van der Waals surface area contributed by atoms with E-state index in [1.165, 1.54) is 24.1 Å². The highest BCUT2D eigenvalue weighted by molar-refractivity contribution is 5.62. The van der Waals surface area contributed by atoms with Crippen LogP contribution in [0.5, 0.6) is 0 Å². The zero-order valence-corrected chi connectivity index (χ0v) is 10.6. The van der Waals surface area contributed by atoms with Gasteiger partial charge in [-0.3, -0.25) is 0 Å². The zero-order valence-electron chi connectivity index (χ0n) is 10.6. The van der Waals surface area contributed by atoms with Gasteiger partial charge in [0.1, 0.15) is 0 Å². The van der Waals surface area contributed by atoms with Gasteiger partial charge in [-0.2, -0.15) is 0 Å². The smallest absolute Gasteiger partial charge is 0.159 e. The van der Waals surface area contributed by atoms with Crippen molar-refractivity contribution in [1.29, 1.82) is 0 Å². The van der Waals surface area contributed by atoms with Crippen molar-refractivity contribution in [3.05, 3.63) is 41.7 Å². The maximum atomic E-state index is 4.72. The molecule has 0 saturated heterocycles. The molecule has 1 aliphatic rings. The van der Waals surface area contributed by atoms with Crippen LogP contribution in [0.2, 0.25) is 0 Å². The Bertz CT molecular complexity index is 563. The first-order valence-electron chi connectivity index (χ1n) is 6.50. The third kappa shape index (κ3) is 2.08. The molecule has 0 aliphatic heterocycles. The fraction of sp³-hybridized carbons (Fsp3) is 0.333. The Kier molecular flexibility index (Phi) is 2.97. The van der Waals surface area contributed by atoms with Crippen LogP contribution in [-0.2, 0) is 12.8 Å². The predicted molar refractivity (Wildman–Crippen MR) is 73.7 cm³/mol. The molecule has 92 valence electrons. The quantitative estimate of drug-likeness (QED) is 0.875. The van der Waals surface area contributed by atoms with Gasteiger partial charge < -0.3 is 5.32 Å². The number of benzene rings is 1. The summed E-state index contributed by atoms with van der Waals surface area (Å²) in [6, 6.07) is 8.22. The van der Waals surface area contributed by atoms with Gasteiger partial charge in [0.2, 0.25) is 0 Å². The van der Waals surface area contributed by atoms with Crippen LogP contribution in [0.25, 0.3) is 11.4 Å². The highest BCUT2D eigenvalue weighted by Crippen LogP contribution is 2.23. The highest BCUT2D eigenvalue weighted by atomic mass is 14.9. The third-order valence-electron chi connectivity index (χ3n) is 3.47. The summed E-state index contributed by atoms with van der Waals surface area (Å²) in [6.07, 6.45) is 6.75. The van der Waals surface area contributed by atoms with Gasteiger partial charge in [0, 0.05) is 30.2 Å². The predicted octanol–water partition coefficient (Wildman–Crippen LogP) is 3.06. The number of hydrogen-bond donors (Lipinski definition) is 1. The molecule has 18 heavy (non-hydrogen) atoms. The number of fused-ring (bicyclic) bond motifs is 1. The van der Waals surface area contributed by atoms with Crippen LogP contribution in [-0.4, -0.2) is 17.0 Å². The number of aromatic nitrogens is 2. The van der Waals surface area contributed by atoms with Crippen LogP contribution in [0.1, 0.15) is 24.1 Å². The standard InChI is InChI=1S/C15H17N3/c1-16-13-7-4-6-11(9-13)15-17-10-12-5-2-3-8-14(12)18-15/h4,6-7,9-10,16H,2-3,5,8H2,1H3. The molecule has 0 spiro atoms. The topological polar surface area (TPSA) is 37.8 Å². The molecule has 0 fully saturated rings. The highest BCUT2D eigenvalue weighted by Gasteiger charge is 2.12. The Hall–Kier alpha value is -1.90. The van der Waals surface area contributed by atoms with Crippen LogP contribution in [0, 0.1) is 0 Å². The monoisotopic (exact) mass is 239 g/mol. The van der Waals surface area contributed by atoms with Crippen molar-refractivity contribution in [2.75, 3.05) is 12.4 Å². The first-order chi connectivity index (χ1) is 8.86. The van der Waals surface area contributed by atoms with Gasteiger partial charge in [0.25, 0.3) is 0 Å². The summed E-state index contributed by atoms with van der Waals surface area (Å²) >= 11 is 0. The maximum Gasteiger partial charge on any atom is 0.159 e. The molecule has 0 bridgehead atoms. The van der Waals surface area contributed by atoms with E-state index in [0.29, 0.717) is 0 Å². The van der Waals surface area contributed by atoms with Gasteiger partial charge in [0.15, 0.2) is 5.82 Å². The lowest BCUT2D eigenvalue weighted by Gasteiger charge is -2.14. The Morgan fingerprint density at radius 1 is 1.17 bits per heavy atom. The van der Waals surface area contributed by atoms with Crippen LogP contribution < -0.4 is 5.32 Å². The van der Waals surface area contributed by atoms with E-state index in [1.807, 2.05) is 25.4 Å². The van der Waals surface area contributed by atoms with Gasteiger partial charge in [-0.05, 0) is 43.4 Å². The molecule has 1 N–H and O–H groups in total. The lowest BCUT2D eigenvalue weighted by molar-refractivity contribution is 0.663. The van der Waals surface area contributed by atoms with E-state index in [4.69, 9.17) is 4.98 Å². The molecule has 0 unspecified atom stereocenters. The summed E-state index contributed by atoms with van der Waals surface area (Å²) in [7, 11) is 1.92. The van der Waals surface area contributed by atoms with Gasteiger partial charge >= 0.3 is 0 Å². The number of aryl methyl sites for hydroxylation is 2. The molecular formula is C15H17N3. The van der Waals surface area contributed by atoms with E-state index in [0.717, 1.165) is 29.9 Å². The van der Waals surface area contributed by atoms with Crippen molar-refractivity contribution < 1.29 is 0 Å². The SMILES string of the molecule is CNc1cccc(-c2ncc3c(n2)CCCC3)c1. The molecule has 1 aliphatic carbocycles. The summed E-state index contributed by atoms with van der Waals surface area (Å²) in [5.74, 6) is 0.841. The van der Waals surface area contributed by atoms with Crippen molar-refractivity contribution in [3.8, 4) is 11.4 Å². The molecule has 3 nitrogen and oxygen atoms in total. The average Bonchev–Trinajstić information content (AvgIpc) is 2.47. The van der Waals surface area contributed by atoms with Gasteiger partial charge in [0.05, 0.1) is 0 Å². The van der Waals surface area contributed by atoms with Crippen LogP contribution in [0.3, 0.4) is 0 Å². The number of nitrogens with one attached hydrogen (secondary N) is 1. The minimum atomic E-state index is 0.841. The summed E-state index contributed by atoms with van der Waals surface area (Å²) in [5.41, 5.74) is 4.74. The van der Waals surface area contributed by atoms with E-state index >= 15 is 0 Å². The van der Waals surface area contributed by atoms with Crippen molar-refractivity contribution in [1.82, 2.24) is 9.97 Å². The largest absolute Gasteiger partial charge is 0.388 e. The zero-order chi connectivity index (χ0) is 12.4. The average molecular weight is 239 g/mol. The first kappa shape index (κ1) is 11.2. The van der Waals surface area contributed by atoms with E-state index in [-0.39, 0.29) is 0 Å². The molecule has 0 atom stereocenters. The number of hydrogen-bond acceptors (Lipinski definition) is 3. The molecule has 1 heterocycles. The Morgan fingerprint density at radius 3 is 2.94 bits per heavy atom. The number of anilines is 1. The van der Waals surface area contributed by atoms with E-state index < -0.39 is 0 Å². The molecule has 1 aromatic carbocycles. The fourth-order valence-corrected chi connectivity index (χ4v) is 2.43. The Labute approximate surface area is 107 Å². The molecule has 3 heteroatoms. The van der Waals surface area contributed by atoms with Crippen molar-refractivity contribution in [2.45, 2.75) is 25.7 Å². The molecular weight excluding hydrogens is 222 g/mol. The van der Waals surface area contributed by atoms with Gasteiger partial charge in [-0.1, -0.05) is 12.1 Å². The van der Waals surface area contributed by atoms with Crippen LogP contribution in [0.15, 0.2) is 30.5 Å². The molecule has 0 saturated carbocycles. The number of nitrogens with zero attached hydrogens (tertiary/aromatic N) is 2. The normalized spacial score (nSPS) is 14.1. The molecule has 3 rings (SSSR count). The summed E-state index contributed by atoms with van der Waals surface area (Å²) in [6.45, 7) is 0. The minimum Gasteiger partial charge on any atom is -0.388 e. The lowest BCUT2D eigenvalue weighted by atomic mass is 9.97. The van der Waals surface area contributed by atoms with E-state index in [2.05, 4.69) is 22.4 Å². The second-order valence-electron chi connectivity index (χ2n) is 4.70. The third-order valence-corrected chi connectivity index (χ3v) is 3.47. The van der Waals surface area contributed by atoms with E-state index in [1.54, 1.807) is 0 Å². The van der Waals surface area contributed by atoms with Gasteiger partial charge in [-0.25, -0.2) is 9.97 Å². The molecule has 0 radical (unpaired) electrons. The summed E-state index contributed by atoms with van der Waals surface area (Å²) in [4.78, 5) is 9.22. The summed E-state index contributed by atoms with van der Waals surface area (Å²) in [5, 5.41) is 3.14.